The zero-order valence-corrected chi connectivity index (χ0v) is 16.1. The van der Waals surface area contributed by atoms with Gasteiger partial charge in [-0.05, 0) is 31.4 Å². The Morgan fingerprint density at radius 1 is 1.30 bits per heavy atom. The second-order valence-electron chi connectivity index (χ2n) is 7.25. The van der Waals surface area contributed by atoms with Crippen LogP contribution in [0.15, 0.2) is 47.7 Å². The van der Waals surface area contributed by atoms with Crippen molar-refractivity contribution in [1.82, 2.24) is 9.88 Å². The molecule has 0 aliphatic carbocycles. The van der Waals surface area contributed by atoms with Crippen molar-refractivity contribution in [2.45, 2.75) is 25.8 Å². The van der Waals surface area contributed by atoms with Crippen molar-refractivity contribution in [2.24, 2.45) is 5.92 Å². The Balaban J connectivity index is 1.75. The highest BCUT2D eigenvalue weighted by Crippen LogP contribution is 2.44. The van der Waals surface area contributed by atoms with Crippen molar-refractivity contribution >= 4 is 16.9 Å². The topological polar surface area (TPSA) is 54.6 Å². The molecule has 0 radical (unpaired) electrons. The van der Waals surface area contributed by atoms with E-state index in [1.54, 1.807) is 13.4 Å². The number of ether oxygens (including phenoxy) is 2. The fourth-order valence-corrected chi connectivity index (χ4v) is 4.68. The van der Waals surface area contributed by atoms with Gasteiger partial charge in [-0.2, -0.15) is 0 Å². The van der Waals surface area contributed by atoms with E-state index < -0.39 is 0 Å². The summed E-state index contributed by atoms with van der Waals surface area (Å²) in [5, 5.41) is 1.32. The van der Waals surface area contributed by atoms with Crippen molar-refractivity contribution in [1.29, 1.82) is 0 Å². The number of methoxy groups -OCH3 is 2. The summed E-state index contributed by atoms with van der Waals surface area (Å²) in [6, 6.07) is 8.77. The van der Waals surface area contributed by atoms with E-state index in [-0.39, 0.29) is 17.9 Å². The van der Waals surface area contributed by atoms with Crippen LogP contribution < -0.4 is 0 Å². The Morgan fingerprint density at radius 3 is 2.85 bits per heavy atom. The molecule has 5 nitrogen and oxygen atoms in total. The van der Waals surface area contributed by atoms with E-state index in [0.717, 1.165) is 25.9 Å². The summed E-state index contributed by atoms with van der Waals surface area (Å²) < 4.78 is 10.2. The van der Waals surface area contributed by atoms with Crippen LogP contribution in [0.25, 0.3) is 10.9 Å². The first kappa shape index (κ1) is 17.9. The lowest BCUT2D eigenvalue weighted by Gasteiger charge is -2.44. The predicted octanol–water partition coefficient (Wildman–Crippen LogP) is 3.74. The Bertz CT molecular complexity index is 925. The van der Waals surface area contributed by atoms with Crippen LogP contribution in [0, 0.1) is 5.92 Å². The summed E-state index contributed by atoms with van der Waals surface area (Å²) in [6.07, 6.45) is 5.57. The molecule has 1 fully saturated rings. The molecule has 1 saturated heterocycles. The third-order valence-electron chi connectivity index (χ3n) is 5.97. The first-order valence-corrected chi connectivity index (χ1v) is 9.47. The van der Waals surface area contributed by atoms with E-state index in [1.807, 2.05) is 6.92 Å². The number of fused-ring (bicyclic) bond motifs is 5. The molecule has 0 unspecified atom stereocenters. The molecule has 0 spiro atoms. The maximum atomic E-state index is 12.4. The molecular weight excluding hydrogens is 340 g/mol. The number of aromatic nitrogens is 1. The van der Waals surface area contributed by atoms with Gasteiger partial charge in [-0.15, -0.1) is 0 Å². The number of piperidine rings is 1. The van der Waals surface area contributed by atoms with Gasteiger partial charge in [0, 0.05) is 35.6 Å². The van der Waals surface area contributed by atoms with Crippen LogP contribution in [-0.2, 0) is 20.7 Å². The van der Waals surface area contributed by atoms with Gasteiger partial charge in [-0.1, -0.05) is 29.8 Å². The molecule has 2 atom stereocenters. The molecule has 3 heterocycles. The zero-order chi connectivity index (χ0) is 19.0. The zero-order valence-electron chi connectivity index (χ0n) is 16.1. The van der Waals surface area contributed by atoms with Crippen molar-refractivity contribution in [3.05, 3.63) is 59.0 Å². The molecule has 27 heavy (non-hydrogen) atoms. The average molecular weight is 366 g/mol. The molecule has 1 aromatic carbocycles. The van der Waals surface area contributed by atoms with E-state index in [4.69, 9.17) is 9.47 Å². The van der Waals surface area contributed by atoms with Crippen LogP contribution in [0.1, 0.15) is 30.6 Å². The number of rotatable bonds is 3. The smallest absolute Gasteiger partial charge is 0.337 e. The fourth-order valence-electron chi connectivity index (χ4n) is 4.68. The number of carbonyl (C=O) groups is 1. The Labute approximate surface area is 159 Å². The lowest BCUT2D eigenvalue weighted by Crippen LogP contribution is -2.43. The van der Waals surface area contributed by atoms with Crippen molar-refractivity contribution < 1.29 is 14.3 Å². The van der Waals surface area contributed by atoms with E-state index >= 15 is 0 Å². The minimum atomic E-state index is -0.317. The standard InChI is InChI=1S/C22H26N2O3/c1-4-14-12-24-10-9-16-15-7-5-6-8-19(15)23-21(16)20(24)11-17(14)18(13-26-2)22(25)27-3/h4-8,13,17,20,23H,9-12H2,1-3H3/b14-4?,18-13-/t17-,20-/m0/s1. The number of allylic oxidation sites excluding steroid dienone is 1. The molecule has 2 aromatic rings. The normalized spacial score (nSPS) is 24.6. The summed E-state index contributed by atoms with van der Waals surface area (Å²) in [5.41, 5.74) is 5.75. The quantitative estimate of drug-likeness (QED) is 0.389. The minimum absolute atomic E-state index is 0.000937. The van der Waals surface area contributed by atoms with Crippen molar-refractivity contribution in [3.63, 3.8) is 0 Å². The van der Waals surface area contributed by atoms with Gasteiger partial charge in [0.15, 0.2) is 0 Å². The van der Waals surface area contributed by atoms with E-state index in [0.29, 0.717) is 5.57 Å². The number of carbonyl (C=O) groups excluding carboxylic acids is 1. The fraction of sp³-hybridized carbons (Fsp3) is 0.409. The first-order valence-electron chi connectivity index (χ1n) is 9.47. The molecule has 0 bridgehead atoms. The van der Waals surface area contributed by atoms with Crippen LogP contribution in [0.4, 0.5) is 0 Å². The van der Waals surface area contributed by atoms with Gasteiger partial charge in [0.25, 0.3) is 0 Å². The molecule has 2 aliphatic heterocycles. The number of hydrogen-bond acceptors (Lipinski definition) is 4. The highest BCUT2D eigenvalue weighted by atomic mass is 16.5. The molecular formula is C22H26N2O3. The average Bonchev–Trinajstić information content (AvgIpc) is 3.09. The Kier molecular flexibility index (Phi) is 4.79. The van der Waals surface area contributed by atoms with Crippen molar-refractivity contribution in [2.75, 3.05) is 27.3 Å². The lowest BCUT2D eigenvalue weighted by molar-refractivity contribution is -0.137. The summed E-state index contributed by atoms with van der Waals surface area (Å²) in [4.78, 5) is 18.6. The minimum Gasteiger partial charge on any atom is -0.504 e. The van der Waals surface area contributed by atoms with Gasteiger partial charge in [0.1, 0.15) is 0 Å². The number of para-hydroxylation sites is 1. The van der Waals surface area contributed by atoms with E-state index in [2.05, 4.69) is 40.2 Å². The van der Waals surface area contributed by atoms with Gasteiger partial charge in [-0.25, -0.2) is 4.79 Å². The first-order chi connectivity index (χ1) is 13.2. The van der Waals surface area contributed by atoms with Crippen molar-refractivity contribution in [3.8, 4) is 0 Å². The van der Waals surface area contributed by atoms with Crippen LogP contribution in [-0.4, -0.2) is 43.2 Å². The van der Waals surface area contributed by atoms with Gasteiger partial charge in [-0.3, -0.25) is 4.90 Å². The van der Waals surface area contributed by atoms with Gasteiger partial charge in [0.2, 0.25) is 0 Å². The number of benzene rings is 1. The monoisotopic (exact) mass is 366 g/mol. The third-order valence-corrected chi connectivity index (χ3v) is 5.97. The number of nitrogens with one attached hydrogen (secondary N) is 1. The Hall–Kier alpha value is -2.53. The molecule has 5 heteroatoms. The second-order valence-corrected chi connectivity index (χ2v) is 7.25. The van der Waals surface area contributed by atoms with Crippen LogP contribution in [0.3, 0.4) is 0 Å². The molecule has 4 rings (SSSR count). The number of esters is 1. The maximum Gasteiger partial charge on any atom is 0.337 e. The maximum absolute atomic E-state index is 12.4. The van der Waals surface area contributed by atoms with E-state index in [1.165, 1.54) is 34.8 Å². The van der Waals surface area contributed by atoms with Crippen LogP contribution in [0.5, 0.6) is 0 Å². The van der Waals surface area contributed by atoms with Gasteiger partial charge < -0.3 is 14.5 Å². The second kappa shape index (κ2) is 7.24. The molecule has 0 saturated carbocycles. The highest BCUT2D eigenvalue weighted by Gasteiger charge is 2.40. The van der Waals surface area contributed by atoms with Gasteiger partial charge in [0.05, 0.1) is 32.1 Å². The van der Waals surface area contributed by atoms with Crippen LogP contribution >= 0.6 is 0 Å². The van der Waals surface area contributed by atoms with E-state index in [9.17, 15) is 4.79 Å². The molecule has 0 amide bonds. The number of H-pyrrole nitrogens is 1. The highest BCUT2D eigenvalue weighted by molar-refractivity contribution is 5.89. The molecule has 2 aliphatic rings. The third kappa shape index (κ3) is 2.96. The SMILES string of the molecule is CC=C1CN2CCc3c([nH]c4ccccc34)[C@@H]2C[C@@H]1/C(=C/OC)C(=O)OC. The molecule has 142 valence electrons. The number of aromatic amines is 1. The lowest BCUT2D eigenvalue weighted by atomic mass is 9.78. The predicted molar refractivity (Wildman–Crippen MR) is 105 cm³/mol. The Morgan fingerprint density at radius 2 is 2.11 bits per heavy atom. The number of nitrogens with zero attached hydrogens (tertiary/aromatic N) is 1. The summed E-state index contributed by atoms with van der Waals surface area (Å²) in [7, 11) is 3.00. The summed E-state index contributed by atoms with van der Waals surface area (Å²) in [6.45, 7) is 3.94. The molecule has 1 N–H and O–H groups in total. The van der Waals surface area contributed by atoms with Crippen LogP contribution in [0.2, 0.25) is 0 Å². The van der Waals surface area contributed by atoms with Gasteiger partial charge >= 0.3 is 5.97 Å². The largest absolute Gasteiger partial charge is 0.504 e. The summed E-state index contributed by atoms with van der Waals surface area (Å²) >= 11 is 0. The summed E-state index contributed by atoms with van der Waals surface area (Å²) in [5.74, 6) is -0.316. The molecule has 1 aromatic heterocycles. The number of hydrogen-bond donors (Lipinski definition) is 1.